The molecular weight excluding hydrogens is 334 g/mol. The summed E-state index contributed by atoms with van der Waals surface area (Å²) < 4.78 is 0. The van der Waals surface area contributed by atoms with Crippen LogP contribution >= 0.6 is 0 Å². The van der Waals surface area contributed by atoms with Crippen molar-refractivity contribution in [3.05, 3.63) is 35.9 Å². The lowest BCUT2D eigenvalue weighted by molar-refractivity contribution is 0.0549. The molecule has 0 fully saturated rings. The van der Waals surface area contributed by atoms with E-state index in [2.05, 4.69) is 11.9 Å². The maximum absolute atomic E-state index is 10.0. The van der Waals surface area contributed by atoms with Gasteiger partial charge in [-0.3, -0.25) is 4.99 Å². The molecule has 3 nitrogen and oxygen atoms in total. The van der Waals surface area contributed by atoms with Gasteiger partial charge < -0.3 is 10.2 Å². The van der Waals surface area contributed by atoms with Crippen LogP contribution < -0.4 is 0 Å². The van der Waals surface area contributed by atoms with Gasteiger partial charge in [-0.2, -0.15) is 0 Å². The van der Waals surface area contributed by atoms with Crippen molar-refractivity contribution in [2.75, 3.05) is 0 Å². The molecule has 0 radical (unpaired) electrons. The normalized spacial score (nSPS) is 13.9. The molecule has 0 unspecified atom stereocenters. The largest absolute Gasteiger partial charge is 0.390 e. The van der Waals surface area contributed by atoms with Crippen LogP contribution in [-0.2, 0) is 6.54 Å². The minimum atomic E-state index is -0.860. The summed E-state index contributed by atoms with van der Waals surface area (Å²) >= 11 is 0. The zero-order valence-corrected chi connectivity index (χ0v) is 17.4. The fourth-order valence-corrected chi connectivity index (χ4v) is 3.31. The van der Waals surface area contributed by atoms with Gasteiger partial charge in [0.15, 0.2) is 0 Å². The summed E-state index contributed by atoms with van der Waals surface area (Å²) in [6, 6.07) is 9.94. The van der Waals surface area contributed by atoms with Gasteiger partial charge in [-0.15, -0.1) is 0 Å². The van der Waals surface area contributed by atoms with Gasteiger partial charge in [0.2, 0.25) is 0 Å². The Kier molecular flexibility index (Phi) is 15.0. The van der Waals surface area contributed by atoms with Crippen LogP contribution in [0, 0.1) is 0 Å². The molecule has 0 spiro atoms. The summed E-state index contributed by atoms with van der Waals surface area (Å²) in [6.07, 6.45) is 16.2. The SMILES string of the molecule is CCCCCCCCCCCCCC[C@H](O)[C@@H](O)C=NCc1ccccc1. The molecule has 0 saturated carbocycles. The van der Waals surface area contributed by atoms with Crippen molar-refractivity contribution in [2.45, 2.75) is 109 Å². The van der Waals surface area contributed by atoms with Crippen molar-refractivity contribution in [1.29, 1.82) is 0 Å². The number of hydrogen-bond donors (Lipinski definition) is 2. The molecule has 2 N–H and O–H groups in total. The van der Waals surface area contributed by atoms with Crippen LogP contribution in [0.15, 0.2) is 35.3 Å². The Balaban J connectivity index is 1.93. The third-order valence-corrected chi connectivity index (χ3v) is 5.12. The standard InChI is InChI=1S/C24H41NO2/c1-2-3-4-5-6-7-8-9-10-11-12-16-19-23(26)24(27)21-25-20-22-17-14-13-15-18-22/h13-15,17-18,21,23-24,26-27H,2-12,16,19-20H2,1H3/t23-,24-/m0/s1. The minimum Gasteiger partial charge on any atom is -0.390 e. The predicted octanol–water partition coefficient (Wildman–Crippen LogP) is 6.07. The van der Waals surface area contributed by atoms with Crippen molar-refractivity contribution in [3.8, 4) is 0 Å². The summed E-state index contributed by atoms with van der Waals surface area (Å²) in [5.74, 6) is 0. The van der Waals surface area contributed by atoms with Crippen molar-refractivity contribution in [1.82, 2.24) is 0 Å². The van der Waals surface area contributed by atoms with Gasteiger partial charge in [-0.1, -0.05) is 114 Å². The number of aliphatic imine (C=N–C) groups is 1. The highest BCUT2D eigenvalue weighted by molar-refractivity contribution is 5.63. The molecule has 0 heterocycles. The van der Waals surface area contributed by atoms with Gasteiger partial charge in [-0.05, 0) is 12.0 Å². The second kappa shape index (κ2) is 16.9. The first-order chi connectivity index (χ1) is 13.2. The molecule has 0 saturated heterocycles. The van der Waals surface area contributed by atoms with Gasteiger partial charge in [0, 0.05) is 6.21 Å². The van der Waals surface area contributed by atoms with Gasteiger partial charge in [0.25, 0.3) is 0 Å². The van der Waals surface area contributed by atoms with E-state index in [0.29, 0.717) is 13.0 Å². The van der Waals surface area contributed by atoms with E-state index in [9.17, 15) is 10.2 Å². The second-order valence-corrected chi connectivity index (χ2v) is 7.71. The number of rotatable bonds is 17. The molecule has 0 aromatic heterocycles. The average molecular weight is 376 g/mol. The minimum absolute atomic E-state index is 0.545. The Labute approximate surface area is 166 Å². The zero-order chi connectivity index (χ0) is 19.6. The maximum Gasteiger partial charge on any atom is 0.114 e. The Bertz CT molecular complexity index is 461. The summed E-state index contributed by atoms with van der Waals surface area (Å²) in [5.41, 5.74) is 1.11. The molecule has 1 aromatic rings. The number of aliphatic hydroxyl groups excluding tert-OH is 2. The summed E-state index contributed by atoms with van der Waals surface area (Å²) in [6.45, 7) is 2.81. The van der Waals surface area contributed by atoms with Crippen molar-refractivity contribution < 1.29 is 10.2 Å². The zero-order valence-electron chi connectivity index (χ0n) is 17.4. The van der Waals surface area contributed by atoms with E-state index in [1.54, 1.807) is 0 Å². The van der Waals surface area contributed by atoms with E-state index >= 15 is 0 Å². The molecule has 0 bridgehead atoms. The molecule has 0 aliphatic rings. The first-order valence-electron chi connectivity index (χ1n) is 11.1. The Morgan fingerprint density at radius 3 is 1.85 bits per heavy atom. The van der Waals surface area contributed by atoms with E-state index in [1.807, 2.05) is 30.3 Å². The van der Waals surface area contributed by atoms with E-state index in [-0.39, 0.29) is 0 Å². The second-order valence-electron chi connectivity index (χ2n) is 7.71. The molecule has 0 aliphatic carbocycles. The molecule has 0 amide bonds. The molecule has 27 heavy (non-hydrogen) atoms. The van der Waals surface area contributed by atoms with Crippen molar-refractivity contribution in [2.24, 2.45) is 4.99 Å². The third-order valence-electron chi connectivity index (χ3n) is 5.12. The lowest BCUT2D eigenvalue weighted by atomic mass is 10.0. The summed E-state index contributed by atoms with van der Waals surface area (Å²) in [4.78, 5) is 4.24. The Morgan fingerprint density at radius 2 is 1.30 bits per heavy atom. The number of nitrogens with zero attached hydrogens (tertiary/aromatic N) is 1. The maximum atomic E-state index is 10.0. The molecule has 2 atom stereocenters. The fraction of sp³-hybridized carbons (Fsp3) is 0.708. The molecule has 1 aromatic carbocycles. The van der Waals surface area contributed by atoms with Crippen LogP contribution in [0.5, 0.6) is 0 Å². The first kappa shape index (κ1) is 23.8. The number of hydrogen-bond acceptors (Lipinski definition) is 3. The van der Waals surface area contributed by atoms with E-state index in [0.717, 1.165) is 18.4 Å². The third kappa shape index (κ3) is 13.6. The lowest BCUT2D eigenvalue weighted by Gasteiger charge is -2.13. The number of benzene rings is 1. The predicted molar refractivity (Wildman–Crippen MR) is 116 cm³/mol. The average Bonchev–Trinajstić information content (AvgIpc) is 2.69. The van der Waals surface area contributed by atoms with Crippen LogP contribution in [0.4, 0.5) is 0 Å². The van der Waals surface area contributed by atoms with Crippen LogP contribution in [0.2, 0.25) is 0 Å². The smallest absolute Gasteiger partial charge is 0.114 e. The van der Waals surface area contributed by atoms with Gasteiger partial charge in [-0.25, -0.2) is 0 Å². The first-order valence-corrected chi connectivity index (χ1v) is 11.1. The van der Waals surface area contributed by atoms with Crippen LogP contribution in [-0.4, -0.2) is 28.6 Å². The Morgan fingerprint density at radius 1 is 0.778 bits per heavy atom. The highest BCUT2D eigenvalue weighted by Gasteiger charge is 2.13. The molecule has 1 rings (SSSR count). The summed E-state index contributed by atoms with van der Waals surface area (Å²) in [7, 11) is 0. The van der Waals surface area contributed by atoms with Crippen LogP contribution in [0.1, 0.15) is 96.0 Å². The topological polar surface area (TPSA) is 52.8 Å². The van der Waals surface area contributed by atoms with E-state index in [1.165, 1.54) is 70.4 Å². The quantitative estimate of drug-likeness (QED) is 0.256. The Hall–Kier alpha value is -1.19. The van der Waals surface area contributed by atoms with Crippen molar-refractivity contribution >= 4 is 6.21 Å². The van der Waals surface area contributed by atoms with Crippen molar-refractivity contribution in [3.63, 3.8) is 0 Å². The molecule has 0 aliphatic heterocycles. The van der Waals surface area contributed by atoms with Gasteiger partial charge >= 0.3 is 0 Å². The lowest BCUT2D eigenvalue weighted by Crippen LogP contribution is -2.27. The fourth-order valence-electron chi connectivity index (χ4n) is 3.31. The monoisotopic (exact) mass is 375 g/mol. The van der Waals surface area contributed by atoms with Crippen LogP contribution in [0.3, 0.4) is 0 Å². The highest BCUT2D eigenvalue weighted by atomic mass is 16.3. The number of aliphatic hydroxyl groups is 2. The van der Waals surface area contributed by atoms with Crippen LogP contribution in [0.25, 0.3) is 0 Å². The van der Waals surface area contributed by atoms with E-state index < -0.39 is 12.2 Å². The molecular formula is C24H41NO2. The van der Waals surface area contributed by atoms with Gasteiger partial charge in [0.05, 0.1) is 12.6 Å². The summed E-state index contributed by atoms with van der Waals surface area (Å²) in [5, 5.41) is 20.0. The highest BCUT2D eigenvalue weighted by Crippen LogP contribution is 2.13. The number of unbranched alkanes of at least 4 members (excludes halogenated alkanes) is 11. The van der Waals surface area contributed by atoms with Gasteiger partial charge in [0.1, 0.15) is 6.10 Å². The molecule has 3 heteroatoms. The molecule has 154 valence electrons. The van der Waals surface area contributed by atoms with E-state index in [4.69, 9.17) is 0 Å².